The van der Waals surface area contributed by atoms with E-state index >= 15 is 0 Å². The van der Waals surface area contributed by atoms with Crippen molar-refractivity contribution in [3.8, 4) is 11.5 Å². The average molecular weight is 292 g/mol. The lowest BCUT2D eigenvalue weighted by atomic mass is 10.0. The van der Waals surface area contributed by atoms with Crippen molar-refractivity contribution >= 4 is 11.6 Å². The number of halogens is 1. The third-order valence-corrected chi connectivity index (χ3v) is 3.36. The molecule has 2 N–H and O–H groups in total. The standard InChI is InChI=1S/C16H18ClNO2/c1-11(20-15-5-3-4-13(17)10-15)16(18)12-6-8-14(19-2)9-7-12/h3-11,16H,18H2,1-2H3. The van der Waals surface area contributed by atoms with Crippen LogP contribution in [-0.2, 0) is 0 Å². The van der Waals surface area contributed by atoms with Gasteiger partial charge >= 0.3 is 0 Å². The minimum atomic E-state index is -0.222. The highest BCUT2D eigenvalue weighted by Gasteiger charge is 2.16. The van der Waals surface area contributed by atoms with Gasteiger partial charge in [-0.2, -0.15) is 0 Å². The van der Waals surface area contributed by atoms with E-state index in [1.54, 1.807) is 13.2 Å². The monoisotopic (exact) mass is 291 g/mol. The molecule has 2 aromatic rings. The van der Waals surface area contributed by atoms with Crippen LogP contribution in [0.4, 0.5) is 0 Å². The Morgan fingerprint density at radius 2 is 1.75 bits per heavy atom. The predicted molar refractivity (Wildman–Crippen MR) is 81.5 cm³/mol. The summed E-state index contributed by atoms with van der Waals surface area (Å²) >= 11 is 5.93. The predicted octanol–water partition coefficient (Wildman–Crippen LogP) is 3.82. The molecule has 2 rings (SSSR count). The van der Waals surface area contributed by atoms with Gasteiger partial charge in [0.2, 0.25) is 0 Å². The van der Waals surface area contributed by atoms with Crippen LogP contribution in [-0.4, -0.2) is 13.2 Å². The van der Waals surface area contributed by atoms with E-state index in [9.17, 15) is 0 Å². The van der Waals surface area contributed by atoms with Crippen LogP contribution in [0.1, 0.15) is 18.5 Å². The summed E-state index contributed by atoms with van der Waals surface area (Å²) in [4.78, 5) is 0. The number of hydrogen-bond donors (Lipinski definition) is 1. The van der Waals surface area contributed by atoms with Crippen molar-refractivity contribution < 1.29 is 9.47 Å². The highest BCUT2D eigenvalue weighted by Crippen LogP contribution is 2.23. The van der Waals surface area contributed by atoms with Crippen molar-refractivity contribution in [3.05, 3.63) is 59.1 Å². The van der Waals surface area contributed by atoms with Gasteiger partial charge in [-0.15, -0.1) is 0 Å². The molecule has 106 valence electrons. The summed E-state index contributed by atoms with van der Waals surface area (Å²) in [6, 6.07) is 14.7. The number of ether oxygens (including phenoxy) is 2. The topological polar surface area (TPSA) is 44.5 Å². The van der Waals surface area contributed by atoms with Gasteiger partial charge in [-0.05, 0) is 42.8 Å². The van der Waals surface area contributed by atoms with Gasteiger partial charge in [-0.1, -0.05) is 29.8 Å². The summed E-state index contributed by atoms with van der Waals surface area (Å²) in [6.45, 7) is 1.94. The van der Waals surface area contributed by atoms with Crippen molar-refractivity contribution in [1.29, 1.82) is 0 Å². The van der Waals surface area contributed by atoms with Crippen LogP contribution in [0.2, 0.25) is 5.02 Å². The molecule has 0 saturated carbocycles. The fourth-order valence-corrected chi connectivity index (χ4v) is 2.11. The molecule has 4 heteroatoms. The van der Waals surface area contributed by atoms with E-state index < -0.39 is 0 Å². The smallest absolute Gasteiger partial charge is 0.121 e. The molecule has 20 heavy (non-hydrogen) atoms. The van der Waals surface area contributed by atoms with E-state index in [1.807, 2.05) is 49.4 Å². The Kier molecular flexibility index (Phi) is 4.88. The van der Waals surface area contributed by atoms with Crippen LogP contribution in [0.3, 0.4) is 0 Å². The Hall–Kier alpha value is -1.71. The van der Waals surface area contributed by atoms with E-state index in [0.717, 1.165) is 11.3 Å². The average Bonchev–Trinajstić information content (AvgIpc) is 2.46. The molecule has 0 bridgehead atoms. The molecule has 0 aliphatic rings. The number of nitrogens with two attached hydrogens (primary N) is 1. The first kappa shape index (κ1) is 14.7. The Balaban J connectivity index is 2.05. The minimum absolute atomic E-state index is 0.165. The molecule has 3 nitrogen and oxygen atoms in total. The first-order valence-corrected chi connectivity index (χ1v) is 6.79. The SMILES string of the molecule is COc1ccc(C(N)C(C)Oc2cccc(Cl)c2)cc1. The molecule has 0 heterocycles. The van der Waals surface area contributed by atoms with Crippen molar-refractivity contribution in [1.82, 2.24) is 0 Å². The Bertz CT molecular complexity index is 557. The lowest BCUT2D eigenvalue weighted by Gasteiger charge is -2.22. The molecule has 0 amide bonds. The van der Waals surface area contributed by atoms with Crippen molar-refractivity contribution in [2.24, 2.45) is 5.73 Å². The van der Waals surface area contributed by atoms with Crippen LogP contribution in [0.5, 0.6) is 11.5 Å². The van der Waals surface area contributed by atoms with Gasteiger partial charge < -0.3 is 15.2 Å². The zero-order valence-corrected chi connectivity index (χ0v) is 12.3. The van der Waals surface area contributed by atoms with E-state index in [-0.39, 0.29) is 12.1 Å². The highest BCUT2D eigenvalue weighted by molar-refractivity contribution is 6.30. The van der Waals surface area contributed by atoms with Gasteiger partial charge in [0.25, 0.3) is 0 Å². The van der Waals surface area contributed by atoms with Gasteiger partial charge in [-0.3, -0.25) is 0 Å². The molecule has 2 aromatic carbocycles. The van der Waals surface area contributed by atoms with E-state index in [0.29, 0.717) is 10.8 Å². The minimum Gasteiger partial charge on any atom is -0.497 e. The summed E-state index contributed by atoms with van der Waals surface area (Å²) in [6.07, 6.45) is -0.165. The van der Waals surface area contributed by atoms with Crippen molar-refractivity contribution in [2.45, 2.75) is 19.1 Å². The second-order valence-corrected chi connectivity index (χ2v) is 5.02. The normalized spacial score (nSPS) is 13.6. The molecule has 0 radical (unpaired) electrons. The Labute approximate surface area is 124 Å². The first-order valence-electron chi connectivity index (χ1n) is 6.42. The van der Waals surface area contributed by atoms with Crippen LogP contribution in [0, 0.1) is 0 Å². The van der Waals surface area contributed by atoms with Crippen LogP contribution >= 0.6 is 11.6 Å². The first-order chi connectivity index (χ1) is 9.60. The summed E-state index contributed by atoms with van der Waals surface area (Å²) in [5.41, 5.74) is 7.22. The van der Waals surface area contributed by atoms with Crippen LogP contribution < -0.4 is 15.2 Å². The zero-order chi connectivity index (χ0) is 14.5. The van der Waals surface area contributed by atoms with Gasteiger partial charge in [0.1, 0.15) is 17.6 Å². The lowest BCUT2D eigenvalue weighted by molar-refractivity contribution is 0.190. The fourth-order valence-electron chi connectivity index (χ4n) is 1.93. The fraction of sp³-hybridized carbons (Fsp3) is 0.250. The molecule has 0 fully saturated rings. The molecule has 0 aromatic heterocycles. The lowest BCUT2D eigenvalue weighted by Crippen LogP contribution is -2.28. The quantitative estimate of drug-likeness (QED) is 0.911. The maximum absolute atomic E-state index is 6.22. The third kappa shape index (κ3) is 3.65. The molecule has 0 saturated heterocycles. The maximum atomic E-state index is 6.22. The molecule has 0 aliphatic heterocycles. The van der Waals surface area contributed by atoms with Crippen LogP contribution in [0.25, 0.3) is 0 Å². The molecular formula is C16H18ClNO2. The third-order valence-electron chi connectivity index (χ3n) is 3.12. The summed E-state index contributed by atoms with van der Waals surface area (Å²) in [5, 5.41) is 0.646. The van der Waals surface area contributed by atoms with Gasteiger partial charge in [0.05, 0.1) is 13.2 Å². The van der Waals surface area contributed by atoms with Crippen LogP contribution in [0.15, 0.2) is 48.5 Å². The molecule has 0 spiro atoms. The highest BCUT2D eigenvalue weighted by atomic mass is 35.5. The van der Waals surface area contributed by atoms with E-state index in [2.05, 4.69) is 0 Å². The summed E-state index contributed by atoms with van der Waals surface area (Å²) in [7, 11) is 1.64. The zero-order valence-electron chi connectivity index (χ0n) is 11.5. The number of benzene rings is 2. The second-order valence-electron chi connectivity index (χ2n) is 4.58. The second kappa shape index (κ2) is 6.64. The van der Waals surface area contributed by atoms with Gasteiger partial charge in [0.15, 0.2) is 0 Å². The largest absolute Gasteiger partial charge is 0.497 e. The number of hydrogen-bond acceptors (Lipinski definition) is 3. The van der Waals surface area contributed by atoms with Gasteiger partial charge in [0, 0.05) is 5.02 Å². The van der Waals surface area contributed by atoms with E-state index in [4.69, 9.17) is 26.8 Å². The van der Waals surface area contributed by atoms with Crippen molar-refractivity contribution in [2.75, 3.05) is 7.11 Å². The van der Waals surface area contributed by atoms with Crippen molar-refractivity contribution in [3.63, 3.8) is 0 Å². The van der Waals surface area contributed by atoms with Gasteiger partial charge in [-0.25, -0.2) is 0 Å². The molecule has 2 unspecified atom stereocenters. The summed E-state index contributed by atoms with van der Waals surface area (Å²) < 4.78 is 11.0. The maximum Gasteiger partial charge on any atom is 0.121 e. The summed E-state index contributed by atoms with van der Waals surface area (Å²) in [5.74, 6) is 1.53. The molecule has 0 aliphatic carbocycles. The Morgan fingerprint density at radius 3 is 2.35 bits per heavy atom. The number of methoxy groups -OCH3 is 1. The van der Waals surface area contributed by atoms with E-state index in [1.165, 1.54) is 0 Å². The number of rotatable bonds is 5. The Morgan fingerprint density at radius 1 is 1.05 bits per heavy atom. The molecular weight excluding hydrogens is 274 g/mol. The molecule has 2 atom stereocenters.